The molecule has 0 saturated carbocycles. The van der Waals surface area contributed by atoms with E-state index in [1.165, 1.54) is 17.3 Å². The Labute approximate surface area is 140 Å². The highest BCUT2D eigenvalue weighted by molar-refractivity contribution is 8.00. The van der Waals surface area contributed by atoms with Crippen molar-refractivity contribution in [3.05, 3.63) is 52.7 Å². The average Bonchev–Trinajstić information content (AvgIpc) is 2.51. The van der Waals surface area contributed by atoms with Crippen LogP contribution in [0.15, 0.2) is 35.4 Å². The van der Waals surface area contributed by atoms with Crippen LogP contribution in [0.1, 0.15) is 29.3 Å². The van der Waals surface area contributed by atoms with Crippen LogP contribution in [0, 0.1) is 32.1 Å². The summed E-state index contributed by atoms with van der Waals surface area (Å²) in [7, 11) is 0. The maximum absolute atomic E-state index is 12.4. The molecule has 0 saturated heterocycles. The van der Waals surface area contributed by atoms with Crippen molar-refractivity contribution >= 4 is 23.4 Å². The number of nitrogens with zero attached hydrogens (tertiary/aromatic N) is 2. The fraction of sp³-hybridized carbons (Fsp3) is 0.278. The van der Waals surface area contributed by atoms with Crippen molar-refractivity contribution in [2.75, 3.05) is 5.32 Å². The Morgan fingerprint density at radius 2 is 1.96 bits per heavy atom. The number of pyridine rings is 1. The van der Waals surface area contributed by atoms with E-state index in [1.54, 1.807) is 12.1 Å². The van der Waals surface area contributed by atoms with E-state index in [0.717, 1.165) is 16.9 Å². The number of hydrogen-bond donors (Lipinski definition) is 1. The number of carbonyl (C=O) groups excluding carboxylic acids is 1. The van der Waals surface area contributed by atoms with E-state index in [0.29, 0.717) is 10.6 Å². The molecule has 0 aliphatic rings. The van der Waals surface area contributed by atoms with Gasteiger partial charge in [0.1, 0.15) is 11.1 Å². The predicted molar refractivity (Wildman–Crippen MR) is 93.6 cm³/mol. The van der Waals surface area contributed by atoms with Gasteiger partial charge in [0.05, 0.1) is 10.8 Å². The third kappa shape index (κ3) is 4.33. The predicted octanol–water partition coefficient (Wildman–Crippen LogP) is 4.00. The van der Waals surface area contributed by atoms with Crippen LogP contribution in [0.4, 0.5) is 5.69 Å². The first-order valence-corrected chi connectivity index (χ1v) is 8.21. The summed E-state index contributed by atoms with van der Waals surface area (Å²) in [6.07, 6.45) is 0. The zero-order valence-corrected chi connectivity index (χ0v) is 14.5. The molecule has 4 nitrogen and oxygen atoms in total. The Hall–Kier alpha value is -2.32. The van der Waals surface area contributed by atoms with Crippen LogP contribution in [-0.4, -0.2) is 16.1 Å². The summed E-state index contributed by atoms with van der Waals surface area (Å²) in [6.45, 7) is 7.72. The second-order valence-corrected chi connectivity index (χ2v) is 6.80. The van der Waals surface area contributed by atoms with Gasteiger partial charge >= 0.3 is 0 Å². The van der Waals surface area contributed by atoms with Crippen molar-refractivity contribution < 1.29 is 4.79 Å². The summed E-state index contributed by atoms with van der Waals surface area (Å²) in [5, 5.41) is 12.3. The molecule has 23 heavy (non-hydrogen) atoms. The van der Waals surface area contributed by atoms with Crippen LogP contribution in [-0.2, 0) is 4.79 Å². The van der Waals surface area contributed by atoms with Crippen molar-refractivity contribution in [2.45, 2.75) is 38.0 Å². The molecular formula is C18H19N3OS. The summed E-state index contributed by atoms with van der Waals surface area (Å²) < 4.78 is 0. The lowest BCUT2D eigenvalue weighted by Gasteiger charge is -2.13. The largest absolute Gasteiger partial charge is 0.325 e. The molecule has 1 N–H and O–H groups in total. The Bertz CT molecular complexity index is 780. The van der Waals surface area contributed by atoms with Crippen molar-refractivity contribution in [1.29, 1.82) is 5.26 Å². The number of amides is 1. The molecule has 118 valence electrons. The number of aryl methyl sites for hydroxylation is 3. The quantitative estimate of drug-likeness (QED) is 0.863. The summed E-state index contributed by atoms with van der Waals surface area (Å²) in [5.41, 5.74) is 4.42. The van der Waals surface area contributed by atoms with Crippen LogP contribution in [0.25, 0.3) is 0 Å². The number of carbonyl (C=O) groups is 1. The number of anilines is 1. The topological polar surface area (TPSA) is 65.8 Å². The number of nitriles is 1. The van der Waals surface area contributed by atoms with Crippen molar-refractivity contribution in [2.24, 2.45) is 0 Å². The SMILES string of the molecule is Cc1ccc(C#N)c(SC(C)C(=O)Nc2ccc(C)c(C)c2)n1. The molecule has 1 amide bonds. The molecule has 1 atom stereocenters. The van der Waals surface area contributed by atoms with Gasteiger partial charge in [0.2, 0.25) is 5.91 Å². The first kappa shape index (κ1) is 17.0. The number of nitrogens with one attached hydrogen (secondary N) is 1. The van der Waals surface area contributed by atoms with Crippen molar-refractivity contribution in [1.82, 2.24) is 4.98 Å². The lowest BCUT2D eigenvalue weighted by Crippen LogP contribution is -2.22. The minimum absolute atomic E-state index is 0.106. The van der Waals surface area contributed by atoms with Gasteiger partial charge in [-0.1, -0.05) is 17.8 Å². The van der Waals surface area contributed by atoms with E-state index in [9.17, 15) is 4.79 Å². The van der Waals surface area contributed by atoms with Gasteiger partial charge in [0, 0.05) is 11.4 Å². The Kier molecular flexibility index (Phi) is 5.41. The lowest BCUT2D eigenvalue weighted by atomic mass is 10.1. The monoisotopic (exact) mass is 325 g/mol. The first-order chi connectivity index (χ1) is 10.9. The molecule has 5 heteroatoms. The van der Waals surface area contributed by atoms with Gasteiger partial charge in [0.25, 0.3) is 0 Å². The highest BCUT2D eigenvalue weighted by Gasteiger charge is 2.17. The molecule has 0 radical (unpaired) electrons. The van der Waals surface area contributed by atoms with E-state index in [-0.39, 0.29) is 11.2 Å². The number of rotatable bonds is 4. The molecule has 0 spiro atoms. The molecule has 0 aliphatic heterocycles. The van der Waals surface area contributed by atoms with E-state index >= 15 is 0 Å². The minimum Gasteiger partial charge on any atom is -0.325 e. The third-order valence-corrected chi connectivity index (χ3v) is 4.65. The average molecular weight is 325 g/mol. The maximum Gasteiger partial charge on any atom is 0.237 e. The summed E-state index contributed by atoms with van der Waals surface area (Å²) >= 11 is 1.30. The van der Waals surface area contributed by atoms with E-state index < -0.39 is 0 Å². The van der Waals surface area contributed by atoms with Gasteiger partial charge in [-0.3, -0.25) is 4.79 Å². The summed E-state index contributed by atoms with van der Waals surface area (Å²) in [6, 6.07) is 11.5. The minimum atomic E-state index is -0.349. The molecule has 1 heterocycles. The lowest BCUT2D eigenvalue weighted by molar-refractivity contribution is -0.115. The van der Waals surface area contributed by atoms with Crippen LogP contribution in [0.3, 0.4) is 0 Å². The standard InChI is InChI=1S/C18H19N3OS/c1-11-5-8-16(9-12(11)2)21-17(22)14(4)23-18-15(10-19)7-6-13(3)20-18/h5-9,14H,1-4H3,(H,21,22). The van der Waals surface area contributed by atoms with Gasteiger partial charge in [-0.15, -0.1) is 0 Å². The number of aromatic nitrogens is 1. The fourth-order valence-corrected chi connectivity index (χ4v) is 2.93. The number of benzene rings is 1. The Morgan fingerprint density at radius 1 is 1.22 bits per heavy atom. The van der Waals surface area contributed by atoms with Gasteiger partial charge in [-0.25, -0.2) is 4.98 Å². The molecule has 0 aliphatic carbocycles. The highest BCUT2D eigenvalue weighted by Crippen LogP contribution is 2.26. The second kappa shape index (κ2) is 7.30. The highest BCUT2D eigenvalue weighted by atomic mass is 32.2. The molecule has 1 aromatic carbocycles. The molecule has 0 fully saturated rings. The van der Waals surface area contributed by atoms with Gasteiger partial charge in [-0.05, 0) is 63.1 Å². The number of thioether (sulfide) groups is 1. The Balaban J connectivity index is 2.10. The van der Waals surface area contributed by atoms with Crippen molar-refractivity contribution in [3.63, 3.8) is 0 Å². The maximum atomic E-state index is 12.4. The van der Waals surface area contributed by atoms with E-state index in [4.69, 9.17) is 5.26 Å². The second-order valence-electron chi connectivity index (χ2n) is 5.47. The molecule has 1 aromatic heterocycles. The zero-order chi connectivity index (χ0) is 17.0. The molecule has 0 bridgehead atoms. The van der Waals surface area contributed by atoms with Crippen LogP contribution in [0.5, 0.6) is 0 Å². The summed E-state index contributed by atoms with van der Waals surface area (Å²) in [4.78, 5) is 16.7. The van der Waals surface area contributed by atoms with Crippen LogP contribution >= 0.6 is 11.8 Å². The van der Waals surface area contributed by atoms with Gasteiger partial charge < -0.3 is 5.32 Å². The molecule has 2 aromatic rings. The molecule has 1 unspecified atom stereocenters. The van der Waals surface area contributed by atoms with Crippen LogP contribution in [0.2, 0.25) is 0 Å². The molecular weight excluding hydrogens is 306 g/mol. The normalized spacial score (nSPS) is 11.6. The number of hydrogen-bond acceptors (Lipinski definition) is 4. The van der Waals surface area contributed by atoms with Gasteiger partial charge in [-0.2, -0.15) is 5.26 Å². The smallest absolute Gasteiger partial charge is 0.237 e. The Morgan fingerprint density at radius 3 is 2.61 bits per heavy atom. The summed E-state index contributed by atoms with van der Waals surface area (Å²) in [5.74, 6) is -0.106. The van der Waals surface area contributed by atoms with E-state index in [1.807, 2.05) is 45.9 Å². The fourth-order valence-electron chi connectivity index (χ4n) is 1.99. The molecule has 2 rings (SSSR count). The first-order valence-electron chi connectivity index (χ1n) is 7.33. The van der Waals surface area contributed by atoms with Crippen molar-refractivity contribution in [3.8, 4) is 6.07 Å². The zero-order valence-electron chi connectivity index (χ0n) is 13.7. The third-order valence-electron chi connectivity index (χ3n) is 3.55. The van der Waals surface area contributed by atoms with Gasteiger partial charge in [0.15, 0.2) is 0 Å². The van der Waals surface area contributed by atoms with Crippen LogP contribution < -0.4 is 5.32 Å². The van der Waals surface area contributed by atoms with E-state index in [2.05, 4.69) is 16.4 Å².